The number of hydrogen-bond donors (Lipinski definition) is 3. The van der Waals surface area contributed by atoms with E-state index in [0.717, 1.165) is 36.8 Å². The van der Waals surface area contributed by atoms with Gasteiger partial charge in [0.25, 0.3) is 6.29 Å². The van der Waals surface area contributed by atoms with E-state index in [0.29, 0.717) is 29.3 Å². The summed E-state index contributed by atoms with van der Waals surface area (Å²) in [4.78, 5) is 45.3. The highest BCUT2D eigenvalue weighted by Gasteiger charge is 2.30. The molecule has 0 saturated heterocycles. The highest BCUT2D eigenvalue weighted by atomic mass is 35.5. The van der Waals surface area contributed by atoms with E-state index in [2.05, 4.69) is 0 Å². The molecule has 1 saturated carbocycles. The van der Waals surface area contributed by atoms with Crippen LogP contribution in [-0.2, 0) is 20.7 Å². The summed E-state index contributed by atoms with van der Waals surface area (Å²) in [6.07, 6.45) is 1.86. The van der Waals surface area contributed by atoms with Gasteiger partial charge < -0.3 is 24.4 Å². The lowest BCUT2D eigenvalue weighted by Gasteiger charge is -2.32. The van der Waals surface area contributed by atoms with Crippen molar-refractivity contribution in [3.8, 4) is 0 Å². The maximum Gasteiger partial charge on any atom is 0.414 e. The summed E-state index contributed by atoms with van der Waals surface area (Å²) in [5, 5.41) is 11.9. The maximum atomic E-state index is 13.3. The van der Waals surface area contributed by atoms with E-state index in [-0.39, 0.29) is 24.3 Å². The van der Waals surface area contributed by atoms with Gasteiger partial charge in [-0.3, -0.25) is 9.69 Å². The molecule has 0 bridgehead atoms. The van der Waals surface area contributed by atoms with Crippen LogP contribution < -0.4 is 0 Å². The first-order valence-corrected chi connectivity index (χ1v) is 15.1. The number of allylic oxidation sites excluding steroid dienone is 1. The van der Waals surface area contributed by atoms with Gasteiger partial charge in [-0.1, -0.05) is 62.5 Å². The molecule has 0 radical (unpaired) electrons. The number of aliphatic hydroxyl groups is 1. The molecule has 1 amide bonds. The summed E-state index contributed by atoms with van der Waals surface area (Å²) in [7, 11) is -2.07. The fourth-order valence-corrected chi connectivity index (χ4v) is 5.16. The Hall–Kier alpha value is -1.41. The number of carbonyl (C=O) groups excluding carboxylic acids is 2. The van der Waals surface area contributed by atoms with E-state index in [9.17, 15) is 24.5 Å². The van der Waals surface area contributed by atoms with E-state index < -0.39 is 33.0 Å². The summed E-state index contributed by atoms with van der Waals surface area (Å²) in [5.41, 5.74) is 1.86. The zero-order valence-electron chi connectivity index (χ0n) is 22.5. The molecular formula is C27H40Cl2NO7P. The Balaban J connectivity index is 2.12. The van der Waals surface area contributed by atoms with Crippen molar-refractivity contribution in [2.75, 3.05) is 6.54 Å². The lowest BCUT2D eigenvalue weighted by molar-refractivity contribution is -0.181. The van der Waals surface area contributed by atoms with E-state index in [1.54, 1.807) is 45.9 Å². The largest absolute Gasteiger partial charge is 0.425 e. The van der Waals surface area contributed by atoms with Crippen LogP contribution in [0.5, 0.6) is 0 Å². The highest BCUT2D eigenvalue weighted by Crippen LogP contribution is 2.37. The summed E-state index contributed by atoms with van der Waals surface area (Å²) >= 11 is 12.2. The first-order valence-electron chi connectivity index (χ1n) is 13.0. The van der Waals surface area contributed by atoms with Crippen molar-refractivity contribution in [3.05, 3.63) is 45.2 Å². The van der Waals surface area contributed by atoms with E-state index in [1.807, 2.05) is 0 Å². The molecule has 1 fully saturated rings. The quantitative estimate of drug-likeness (QED) is 0.142. The number of esters is 1. The molecule has 0 aliphatic heterocycles. The molecule has 1 aromatic carbocycles. The standard InChI is InChI=1S/C27H40Cl2NO7P/c1-17(2)25(32)36-26(18(3)4)37-27(33)30(13-12-20-8-10-22(28)23(29)15-20)24(31)11-9-19-6-5-7-21(14-19)16-38(34)35/h8,10,15-19,24,26,31,34-35H,5-7,9,11-14H2,1-4H3. The molecule has 2 rings (SSSR count). The minimum Gasteiger partial charge on any atom is -0.425 e. The lowest BCUT2D eigenvalue weighted by Crippen LogP contribution is -2.45. The molecule has 1 aliphatic carbocycles. The van der Waals surface area contributed by atoms with E-state index in [1.165, 1.54) is 10.7 Å². The van der Waals surface area contributed by atoms with E-state index >= 15 is 0 Å². The molecular weight excluding hydrogens is 552 g/mol. The summed E-state index contributed by atoms with van der Waals surface area (Å²) in [5.74, 6) is 0.655. The number of amides is 1. The molecule has 3 atom stereocenters. The van der Waals surface area contributed by atoms with Gasteiger partial charge in [0, 0.05) is 12.5 Å². The zero-order valence-corrected chi connectivity index (χ0v) is 24.9. The number of hydrogen-bond acceptors (Lipinski definition) is 7. The third-order valence-electron chi connectivity index (χ3n) is 6.48. The third-order valence-corrected chi connectivity index (χ3v) is 7.81. The van der Waals surface area contributed by atoms with Crippen molar-refractivity contribution in [1.82, 2.24) is 4.90 Å². The molecule has 38 heavy (non-hydrogen) atoms. The predicted octanol–water partition coefficient (Wildman–Crippen LogP) is 6.63. The van der Waals surface area contributed by atoms with Crippen LogP contribution in [0.3, 0.4) is 0 Å². The van der Waals surface area contributed by atoms with Gasteiger partial charge in [-0.2, -0.15) is 0 Å². The van der Waals surface area contributed by atoms with Crippen LogP contribution in [0.4, 0.5) is 4.79 Å². The van der Waals surface area contributed by atoms with Gasteiger partial charge in [-0.25, -0.2) is 4.79 Å². The molecule has 0 aromatic heterocycles. The van der Waals surface area contributed by atoms with Crippen LogP contribution >= 0.6 is 31.6 Å². The molecule has 3 N–H and O–H groups in total. The third kappa shape index (κ3) is 11.0. The minimum absolute atomic E-state index is 0.149. The fourth-order valence-electron chi connectivity index (χ4n) is 4.28. The second-order valence-corrected chi connectivity index (χ2v) is 12.1. The normalized spacial score (nSPS) is 18.6. The van der Waals surface area contributed by atoms with Crippen LogP contribution in [0.1, 0.15) is 71.8 Å². The number of ether oxygens (including phenoxy) is 2. The van der Waals surface area contributed by atoms with Crippen LogP contribution in [0.25, 0.3) is 0 Å². The molecule has 1 aliphatic rings. The van der Waals surface area contributed by atoms with Crippen molar-refractivity contribution >= 4 is 43.6 Å². The molecule has 1 aromatic rings. The zero-order chi connectivity index (χ0) is 28.4. The van der Waals surface area contributed by atoms with Crippen molar-refractivity contribution in [2.45, 2.75) is 85.2 Å². The summed E-state index contributed by atoms with van der Waals surface area (Å²) in [6.45, 7) is 7.10. The molecule has 0 spiro atoms. The van der Waals surface area contributed by atoms with Gasteiger partial charge in [-0.15, -0.1) is 0 Å². The maximum absolute atomic E-state index is 13.3. The predicted molar refractivity (Wildman–Crippen MR) is 150 cm³/mol. The summed E-state index contributed by atoms with van der Waals surface area (Å²) < 4.78 is 11.0. The second-order valence-electron chi connectivity index (χ2n) is 10.4. The average Bonchev–Trinajstić information content (AvgIpc) is 2.84. The molecule has 214 valence electrons. The monoisotopic (exact) mass is 591 g/mol. The van der Waals surface area contributed by atoms with Crippen LogP contribution in [0.2, 0.25) is 10.0 Å². The summed E-state index contributed by atoms with van der Waals surface area (Å²) in [6, 6.07) is 5.20. The number of halogens is 2. The average molecular weight is 592 g/mol. The first kappa shape index (κ1) is 32.8. The van der Waals surface area contributed by atoms with Gasteiger partial charge in [0.2, 0.25) is 0 Å². The number of carbonyl (C=O) groups is 2. The minimum atomic E-state index is -2.07. The van der Waals surface area contributed by atoms with Crippen molar-refractivity contribution in [1.29, 1.82) is 0 Å². The van der Waals surface area contributed by atoms with Gasteiger partial charge >= 0.3 is 12.1 Å². The first-order chi connectivity index (χ1) is 17.9. The van der Waals surface area contributed by atoms with Crippen LogP contribution in [-0.4, -0.2) is 50.9 Å². The number of nitrogens with zero attached hydrogens (tertiary/aromatic N) is 1. The van der Waals surface area contributed by atoms with Crippen LogP contribution in [0.15, 0.2) is 29.6 Å². The van der Waals surface area contributed by atoms with Gasteiger partial charge in [0.1, 0.15) is 6.23 Å². The Morgan fingerprint density at radius 3 is 2.47 bits per heavy atom. The Bertz CT molecular complexity index is 957. The smallest absolute Gasteiger partial charge is 0.414 e. The Kier molecular flexibility index (Phi) is 13.8. The number of benzene rings is 1. The molecule has 8 nitrogen and oxygen atoms in total. The Morgan fingerprint density at radius 1 is 1.16 bits per heavy atom. The van der Waals surface area contributed by atoms with Crippen molar-refractivity contribution in [2.24, 2.45) is 17.8 Å². The topological polar surface area (TPSA) is 117 Å². The van der Waals surface area contributed by atoms with Gasteiger partial charge in [0.15, 0.2) is 8.38 Å². The van der Waals surface area contributed by atoms with Crippen molar-refractivity contribution < 1.29 is 34.0 Å². The molecule has 3 unspecified atom stereocenters. The van der Waals surface area contributed by atoms with Gasteiger partial charge in [-0.05, 0) is 74.4 Å². The Morgan fingerprint density at radius 2 is 1.87 bits per heavy atom. The molecule has 0 heterocycles. The number of aliphatic hydroxyl groups excluding tert-OH is 1. The van der Waals surface area contributed by atoms with Gasteiger partial charge in [0.05, 0.1) is 16.0 Å². The highest BCUT2D eigenvalue weighted by molar-refractivity contribution is 7.48. The van der Waals surface area contributed by atoms with Crippen molar-refractivity contribution in [3.63, 3.8) is 0 Å². The SMILES string of the molecule is CC(C)C(=O)OC(OC(=O)N(CCc1ccc(Cl)c(Cl)c1)C(O)CCC1CCCC(=CP(O)O)C1)C(C)C. The molecule has 11 heteroatoms. The van der Waals surface area contributed by atoms with Crippen LogP contribution in [0, 0.1) is 17.8 Å². The second kappa shape index (κ2) is 16.0. The lowest BCUT2D eigenvalue weighted by atomic mass is 9.83. The van der Waals surface area contributed by atoms with E-state index in [4.69, 9.17) is 32.7 Å². The Labute approximate surface area is 236 Å². The fraction of sp³-hybridized carbons (Fsp3) is 0.630. The number of rotatable bonds is 12.